The van der Waals surface area contributed by atoms with Crippen LogP contribution < -0.4 is 4.90 Å². The molecule has 1 heterocycles. The number of aryl methyl sites for hydroxylation is 1. The number of hydrogen-bond donors (Lipinski definition) is 0. The van der Waals surface area contributed by atoms with Crippen molar-refractivity contribution < 1.29 is 0 Å². The second-order valence-electron chi connectivity index (χ2n) is 5.82. The lowest BCUT2D eigenvalue weighted by Crippen LogP contribution is -2.21. The number of para-hydroxylation sites is 1. The highest BCUT2D eigenvalue weighted by Crippen LogP contribution is 2.25. The van der Waals surface area contributed by atoms with Crippen LogP contribution in [0, 0.1) is 6.92 Å². The summed E-state index contributed by atoms with van der Waals surface area (Å²) >= 11 is 0. The highest BCUT2D eigenvalue weighted by atomic mass is 15.1. The summed E-state index contributed by atoms with van der Waals surface area (Å²) in [5.74, 6) is 0. The van der Waals surface area contributed by atoms with E-state index >= 15 is 0 Å². The fraction of sp³-hybridized carbons (Fsp3) is 0.238. The molecule has 0 aliphatic heterocycles. The Morgan fingerprint density at radius 2 is 1.71 bits per heavy atom. The van der Waals surface area contributed by atoms with Gasteiger partial charge in [-0.15, -0.1) is 0 Å². The third-order valence-electron chi connectivity index (χ3n) is 4.20. The molecule has 0 radical (unpaired) electrons. The minimum Gasteiger partial charge on any atom is -0.372 e. The van der Waals surface area contributed by atoms with Gasteiger partial charge in [0, 0.05) is 36.1 Å². The van der Waals surface area contributed by atoms with Gasteiger partial charge in [-0.05, 0) is 50.6 Å². The Bertz CT molecular complexity index is 847. The molecular formula is C21H23N3. The summed E-state index contributed by atoms with van der Waals surface area (Å²) in [6.07, 6.45) is 1.92. The minimum atomic E-state index is 0.964. The second kappa shape index (κ2) is 7.26. The molecule has 3 heteroatoms. The predicted molar refractivity (Wildman–Crippen MR) is 104 cm³/mol. The molecule has 0 spiro atoms. The van der Waals surface area contributed by atoms with Crippen molar-refractivity contribution in [1.82, 2.24) is 4.98 Å². The maximum absolute atomic E-state index is 4.70. The van der Waals surface area contributed by atoms with Crippen LogP contribution in [0.1, 0.15) is 25.1 Å². The van der Waals surface area contributed by atoms with Crippen molar-refractivity contribution >= 4 is 28.5 Å². The van der Waals surface area contributed by atoms with Gasteiger partial charge in [-0.3, -0.25) is 9.98 Å². The topological polar surface area (TPSA) is 28.5 Å². The molecule has 0 N–H and O–H groups in total. The summed E-state index contributed by atoms with van der Waals surface area (Å²) in [6.45, 7) is 8.40. The van der Waals surface area contributed by atoms with E-state index in [1.54, 1.807) is 0 Å². The number of aromatic nitrogens is 1. The molecule has 0 fully saturated rings. The zero-order valence-corrected chi connectivity index (χ0v) is 14.5. The molecule has 3 nitrogen and oxygen atoms in total. The van der Waals surface area contributed by atoms with E-state index in [1.165, 1.54) is 5.69 Å². The molecule has 3 rings (SSSR count). The van der Waals surface area contributed by atoms with Crippen LogP contribution in [0.2, 0.25) is 0 Å². The Kier molecular flexibility index (Phi) is 4.90. The number of benzene rings is 2. The van der Waals surface area contributed by atoms with E-state index in [4.69, 9.17) is 4.99 Å². The standard InChI is InChI=1S/C21H23N3/c1-4-24(5-2)18-12-10-17(11-13-18)15-22-21-14-16(3)23-20-9-7-6-8-19(20)21/h6-15H,4-5H2,1-3H3. The van der Waals surface area contributed by atoms with Crippen molar-refractivity contribution in [3.63, 3.8) is 0 Å². The van der Waals surface area contributed by atoms with Crippen LogP contribution in [-0.2, 0) is 0 Å². The lowest BCUT2D eigenvalue weighted by atomic mass is 10.1. The van der Waals surface area contributed by atoms with Gasteiger partial charge >= 0.3 is 0 Å². The Labute approximate surface area is 143 Å². The van der Waals surface area contributed by atoms with Gasteiger partial charge in [0.1, 0.15) is 0 Å². The van der Waals surface area contributed by atoms with Gasteiger partial charge in [-0.1, -0.05) is 30.3 Å². The average molecular weight is 317 g/mol. The van der Waals surface area contributed by atoms with Crippen LogP contribution in [0.4, 0.5) is 11.4 Å². The van der Waals surface area contributed by atoms with Gasteiger partial charge in [-0.2, -0.15) is 0 Å². The molecular weight excluding hydrogens is 294 g/mol. The Morgan fingerprint density at radius 1 is 1.00 bits per heavy atom. The molecule has 24 heavy (non-hydrogen) atoms. The summed E-state index contributed by atoms with van der Waals surface area (Å²) in [5, 5.41) is 1.08. The molecule has 0 aliphatic rings. The highest BCUT2D eigenvalue weighted by Gasteiger charge is 2.03. The van der Waals surface area contributed by atoms with Crippen LogP contribution in [0.25, 0.3) is 10.9 Å². The number of fused-ring (bicyclic) bond motifs is 1. The van der Waals surface area contributed by atoms with Gasteiger partial charge in [-0.25, -0.2) is 0 Å². The first-order valence-corrected chi connectivity index (χ1v) is 8.46. The number of pyridine rings is 1. The molecule has 2 aromatic carbocycles. The van der Waals surface area contributed by atoms with Gasteiger partial charge < -0.3 is 4.90 Å². The summed E-state index contributed by atoms with van der Waals surface area (Å²) in [5.41, 5.74) is 5.29. The number of nitrogens with zero attached hydrogens (tertiary/aromatic N) is 3. The minimum absolute atomic E-state index is 0.964. The van der Waals surface area contributed by atoms with Crippen LogP contribution in [0.3, 0.4) is 0 Å². The van der Waals surface area contributed by atoms with Crippen LogP contribution in [0.15, 0.2) is 59.6 Å². The maximum Gasteiger partial charge on any atom is 0.0741 e. The van der Waals surface area contributed by atoms with Crippen LogP contribution in [-0.4, -0.2) is 24.3 Å². The van der Waals surface area contributed by atoms with Gasteiger partial charge in [0.05, 0.1) is 11.2 Å². The van der Waals surface area contributed by atoms with Crippen molar-refractivity contribution in [2.75, 3.05) is 18.0 Å². The van der Waals surface area contributed by atoms with Crippen LogP contribution >= 0.6 is 0 Å². The molecule has 0 bridgehead atoms. The lowest BCUT2D eigenvalue weighted by Gasteiger charge is -2.20. The van der Waals surface area contributed by atoms with Crippen molar-refractivity contribution in [3.05, 3.63) is 65.9 Å². The Morgan fingerprint density at radius 3 is 2.42 bits per heavy atom. The van der Waals surface area contributed by atoms with E-state index < -0.39 is 0 Å². The van der Waals surface area contributed by atoms with Gasteiger partial charge in [0.2, 0.25) is 0 Å². The Balaban J connectivity index is 1.89. The fourth-order valence-corrected chi connectivity index (χ4v) is 2.90. The number of aliphatic imine (C=N–C) groups is 1. The normalized spacial score (nSPS) is 11.3. The van der Waals surface area contributed by atoms with Crippen molar-refractivity contribution in [2.24, 2.45) is 4.99 Å². The smallest absolute Gasteiger partial charge is 0.0741 e. The van der Waals surface area contributed by atoms with E-state index in [9.17, 15) is 0 Å². The molecule has 3 aromatic rings. The summed E-state index contributed by atoms with van der Waals surface area (Å²) in [6, 6.07) is 18.7. The fourth-order valence-electron chi connectivity index (χ4n) is 2.90. The number of hydrogen-bond acceptors (Lipinski definition) is 3. The molecule has 0 aliphatic carbocycles. The number of rotatable bonds is 5. The van der Waals surface area contributed by atoms with Crippen molar-refractivity contribution in [3.8, 4) is 0 Å². The zero-order valence-electron chi connectivity index (χ0n) is 14.5. The predicted octanol–water partition coefficient (Wildman–Crippen LogP) is 5.14. The average Bonchev–Trinajstić information content (AvgIpc) is 2.61. The van der Waals surface area contributed by atoms with E-state index in [0.717, 1.165) is 40.9 Å². The molecule has 0 saturated carbocycles. The molecule has 0 atom stereocenters. The SMILES string of the molecule is CCN(CC)c1ccc(C=Nc2cc(C)nc3ccccc23)cc1. The monoisotopic (exact) mass is 317 g/mol. The third kappa shape index (κ3) is 3.46. The van der Waals surface area contributed by atoms with E-state index in [2.05, 4.69) is 54.1 Å². The Hall–Kier alpha value is -2.68. The third-order valence-corrected chi connectivity index (χ3v) is 4.20. The number of anilines is 1. The second-order valence-corrected chi connectivity index (χ2v) is 5.82. The van der Waals surface area contributed by atoms with Gasteiger partial charge in [0.15, 0.2) is 0 Å². The molecule has 0 saturated heterocycles. The zero-order chi connectivity index (χ0) is 16.9. The quantitative estimate of drug-likeness (QED) is 0.610. The molecule has 122 valence electrons. The highest BCUT2D eigenvalue weighted by molar-refractivity contribution is 5.93. The molecule has 0 amide bonds. The summed E-state index contributed by atoms with van der Waals surface area (Å²) < 4.78 is 0. The molecule has 1 aromatic heterocycles. The largest absolute Gasteiger partial charge is 0.372 e. The molecule has 0 unspecified atom stereocenters. The van der Waals surface area contributed by atoms with E-state index in [-0.39, 0.29) is 0 Å². The van der Waals surface area contributed by atoms with Crippen molar-refractivity contribution in [1.29, 1.82) is 0 Å². The van der Waals surface area contributed by atoms with E-state index in [1.807, 2.05) is 37.4 Å². The van der Waals surface area contributed by atoms with Gasteiger partial charge in [0.25, 0.3) is 0 Å². The summed E-state index contributed by atoms with van der Waals surface area (Å²) in [7, 11) is 0. The van der Waals surface area contributed by atoms with Crippen LogP contribution in [0.5, 0.6) is 0 Å². The lowest BCUT2D eigenvalue weighted by molar-refractivity contribution is 0.866. The summed E-state index contributed by atoms with van der Waals surface area (Å²) in [4.78, 5) is 11.6. The van der Waals surface area contributed by atoms with E-state index in [0.29, 0.717) is 0 Å². The van der Waals surface area contributed by atoms with Crippen molar-refractivity contribution in [2.45, 2.75) is 20.8 Å². The first-order chi connectivity index (χ1) is 11.7. The maximum atomic E-state index is 4.70. The first kappa shape index (κ1) is 16.2. The first-order valence-electron chi connectivity index (χ1n) is 8.46.